The summed E-state index contributed by atoms with van der Waals surface area (Å²) in [6, 6.07) is 6.90. The predicted molar refractivity (Wildman–Crippen MR) is 97.2 cm³/mol. The maximum atomic E-state index is 12.6. The number of sulfone groups is 1. The smallest absolute Gasteiger partial charge is 0.417 e. The lowest BCUT2D eigenvalue weighted by atomic mass is 10.2. The average Bonchev–Trinajstić information content (AvgIpc) is 2.57. The Kier molecular flexibility index (Phi) is 6.59. The first-order valence-electron chi connectivity index (χ1n) is 7.85. The van der Waals surface area contributed by atoms with Gasteiger partial charge in [0.1, 0.15) is 11.6 Å². The van der Waals surface area contributed by atoms with E-state index in [0.29, 0.717) is 25.3 Å². The number of benzene rings is 1. The first-order chi connectivity index (χ1) is 12.5. The number of alkyl halides is 3. The summed E-state index contributed by atoms with van der Waals surface area (Å²) in [7, 11) is -1.59. The summed E-state index contributed by atoms with van der Waals surface area (Å²) in [6.45, 7) is 0.792. The maximum Gasteiger partial charge on any atom is 0.417 e. The standard InChI is InChI=1S/C17H18ClF3N2O3S/c1-23(16-15(18)10-12(11-22-16)17(19,20)21)8-3-9-26-13-4-6-14(7-5-13)27(2,24)25/h4-7,10-11H,3,8-9H2,1-2H3. The van der Waals surface area contributed by atoms with E-state index >= 15 is 0 Å². The van der Waals surface area contributed by atoms with E-state index in [1.165, 1.54) is 12.1 Å². The monoisotopic (exact) mass is 422 g/mol. The normalized spacial score (nSPS) is 12.1. The highest BCUT2D eigenvalue weighted by Gasteiger charge is 2.31. The van der Waals surface area contributed by atoms with E-state index in [0.717, 1.165) is 18.5 Å². The molecule has 0 atom stereocenters. The first kappa shape index (κ1) is 21.3. The molecule has 148 valence electrons. The van der Waals surface area contributed by atoms with E-state index in [2.05, 4.69) is 4.98 Å². The lowest BCUT2D eigenvalue weighted by Crippen LogP contribution is -2.22. The van der Waals surface area contributed by atoms with Crippen molar-refractivity contribution in [1.29, 1.82) is 0 Å². The van der Waals surface area contributed by atoms with Gasteiger partial charge in [0.05, 0.1) is 22.1 Å². The van der Waals surface area contributed by atoms with Crippen molar-refractivity contribution in [3.05, 3.63) is 47.1 Å². The van der Waals surface area contributed by atoms with E-state index in [1.54, 1.807) is 24.1 Å². The van der Waals surface area contributed by atoms with Crippen molar-refractivity contribution >= 4 is 27.3 Å². The summed E-state index contributed by atoms with van der Waals surface area (Å²) >= 11 is 5.91. The molecule has 0 bridgehead atoms. The molecule has 1 aromatic carbocycles. The van der Waals surface area contributed by atoms with Crippen LogP contribution in [0.4, 0.5) is 19.0 Å². The lowest BCUT2D eigenvalue weighted by molar-refractivity contribution is -0.137. The average molecular weight is 423 g/mol. The minimum Gasteiger partial charge on any atom is -0.494 e. The number of pyridine rings is 1. The Balaban J connectivity index is 1.87. The van der Waals surface area contributed by atoms with Crippen LogP contribution in [0.1, 0.15) is 12.0 Å². The molecule has 0 saturated carbocycles. The topological polar surface area (TPSA) is 59.5 Å². The van der Waals surface area contributed by atoms with Gasteiger partial charge in [-0.15, -0.1) is 0 Å². The summed E-state index contributed by atoms with van der Waals surface area (Å²) in [5.41, 5.74) is -0.898. The number of nitrogens with zero attached hydrogens (tertiary/aromatic N) is 2. The molecular formula is C17H18ClF3N2O3S. The van der Waals surface area contributed by atoms with Gasteiger partial charge >= 0.3 is 6.18 Å². The fraction of sp³-hybridized carbons (Fsp3) is 0.353. The van der Waals surface area contributed by atoms with Crippen LogP contribution >= 0.6 is 11.6 Å². The maximum absolute atomic E-state index is 12.6. The minimum atomic E-state index is -4.49. The molecule has 0 aliphatic rings. The van der Waals surface area contributed by atoms with Crippen LogP contribution in [0.15, 0.2) is 41.4 Å². The van der Waals surface area contributed by atoms with Crippen LogP contribution in [-0.2, 0) is 16.0 Å². The molecule has 0 unspecified atom stereocenters. The van der Waals surface area contributed by atoms with Gasteiger partial charge in [-0.25, -0.2) is 13.4 Å². The van der Waals surface area contributed by atoms with Crippen molar-refractivity contribution < 1.29 is 26.3 Å². The summed E-state index contributed by atoms with van der Waals surface area (Å²) in [5.74, 6) is 0.776. The zero-order valence-electron chi connectivity index (χ0n) is 14.6. The van der Waals surface area contributed by atoms with Gasteiger partial charge in [0.15, 0.2) is 9.84 Å². The van der Waals surface area contributed by atoms with Crippen molar-refractivity contribution in [2.24, 2.45) is 0 Å². The number of ether oxygens (including phenoxy) is 1. The Labute approximate surface area is 160 Å². The van der Waals surface area contributed by atoms with Crippen LogP contribution in [0, 0.1) is 0 Å². The van der Waals surface area contributed by atoms with Gasteiger partial charge in [-0.3, -0.25) is 0 Å². The molecule has 0 fully saturated rings. The van der Waals surface area contributed by atoms with Crippen LogP contribution in [0.25, 0.3) is 0 Å². The molecular weight excluding hydrogens is 405 g/mol. The van der Waals surface area contributed by atoms with Crippen LogP contribution in [0.3, 0.4) is 0 Å². The van der Waals surface area contributed by atoms with Gasteiger partial charge in [0, 0.05) is 26.0 Å². The summed E-state index contributed by atoms with van der Waals surface area (Å²) in [4.78, 5) is 5.63. The van der Waals surface area contributed by atoms with Gasteiger partial charge in [-0.1, -0.05) is 11.6 Å². The van der Waals surface area contributed by atoms with Crippen molar-refractivity contribution in [2.45, 2.75) is 17.5 Å². The molecule has 27 heavy (non-hydrogen) atoms. The van der Waals surface area contributed by atoms with Crippen molar-refractivity contribution in [3.63, 3.8) is 0 Å². The Morgan fingerprint density at radius 1 is 1.22 bits per heavy atom. The Morgan fingerprint density at radius 3 is 2.37 bits per heavy atom. The highest BCUT2D eigenvalue weighted by atomic mass is 35.5. The molecule has 0 spiro atoms. The second-order valence-corrected chi connectivity index (χ2v) is 8.32. The van der Waals surface area contributed by atoms with Crippen LogP contribution in [0.5, 0.6) is 5.75 Å². The van der Waals surface area contributed by atoms with E-state index < -0.39 is 21.6 Å². The zero-order valence-corrected chi connectivity index (χ0v) is 16.2. The number of aromatic nitrogens is 1. The van der Waals surface area contributed by atoms with E-state index in [4.69, 9.17) is 16.3 Å². The number of halogens is 4. The highest BCUT2D eigenvalue weighted by Crippen LogP contribution is 2.33. The molecule has 0 radical (unpaired) electrons. The Morgan fingerprint density at radius 2 is 1.85 bits per heavy atom. The zero-order chi connectivity index (χ0) is 20.2. The molecule has 0 amide bonds. The summed E-state index contributed by atoms with van der Waals surface area (Å²) in [5, 5.41) is -0.0791. The van der Waals surface area contributed by atoms with Crippen LogP contribution in [0.2, 0.25) is 5.02 Å². The quantitative estimate of drug-likeness (QED) is 0.630. The van der Waals surface area contributed by atoms with Gasteiger partial charge in [-0.05, 0) is 36.8 Å². The van der Waals surface area contributed by atoms with E-state index in [1.807, 2.05) is 0 Å². The second-order valence-electron chi connectivity index (χ2n) is 5.89. The molecule has 1 aromatic heterocycles. The molecule has 10 heteroatoms. The fourth-order valence-electron chi connectivity index (χ4n) is 2.25. The first-order valence-corrected chi connectivity index (χ1v) is 10.1. The van der Waals surface area contributed by atoms with Crippen molar-refractivity contribution in [3.8, 4) is 5.75 Å². The van der Waals surface area contributed by atoms with E-state index in [-0.39, 0.29) is 15.7 Å². The van der Waals surface area contributed by atoms with Gasteiger partial charge in [0.2, 0.25) is 0 Å². The summed E-state index contributed by atoms with van der Waals surface area (Å²) in [6.07, 6.45) is -2.06. The molecule has 0 N–H and O–H groups in total. The van der Waals surface area contributed by atoms with Crippen molar-refractivity contribution in [2.75, 3.05) is 31.4 Å². The molecule has 2 rings (SSSR count). The van der Waals surface area contributed by atoms with Crippen molar-refractivity contribution in [1.82, 2.24) is 4.98 Å². The Hall–Kier alpha value is -2.00. The number of hydrogen-bond donors (Lipinski definition) is 0. The Bertz CT molecular complexity index is 887. The number of hydrogen-bond acceptors (Lipinski definition) is 5. The second kappa shape index (κ2) is 8.35. The highest BCUT2D eigenvalue weighted by molar-refractivity contribution is 7.90. The minimum absolute atomic E-state index is 0.0791. The molecule has 0 aliphatic heterocycles. The van der Waals surface area contributed by atoms with Gasteiger partial charge in [-0.2, -0.15) is 13.2 Å². The lowest BCUT2D eigenvalue weighted by Gasteiger charge is -2.20. The van der Waals surface area contributed by atoms with E-state index in [9.17, 15) is 21.6 Å². The largest absolute Gasteiger partial charge is 0.494 e. The molecule has 5 nitrogen and oxygen atoms in total. The van der Waals surface area contributed by atoms with Gasteiger partial charge < -0.3 is 9.64 Å². The molecule has 0 saturated heterocycles. The summed E-state index contributed by atoms with van der Waals surface area (Å²) < 4.78 is 66.2. The fourth-order valence-corrected chi connectivity index (χ4v) is 3.19. The third kappa shape index (κ3) is 6.00. The predicted octanol–water partition coefficient (Wildman–Crippen LogP) is 4.06. The van der Waals surface area contributed by atoms with Crippen LogP contribution < -0.4 is 9.64 Å². The third-order valence-electron chi connectivity index (χ3n) is 3.67. The van der Waals surface area contributed by atoms with Crippen LogP contribution in [-0.4, -0.2) is 39.9 Å². The SMILES string of the molecule is CN(CCCOc1ccc(S(C)(=O)=O)cc1)c1ncc(C(F)(F)F)cc1Cl. The molecule has 1 heterocycles. The molecule has 2 aromatic rings. The third-order valence-corrected chi connectivity index (χ3v) is 5.08. The van der Waals surface area contributed by atoms with Gasteiger partial charge in [0.25, 0.3) is 0 Å². The number of rotatable bonds is 7. The molecule has 0 aliphatic carbocycles. The number of anilines is 1.